The van der Waals surface area contributed by atoms with Crippen LogP contribution in [0.15, 0.2) is 5.51 Å². The number of carbonyl (C=O) groups excluding carboxylic acids is 1. The van der Waals surface area contributed by atoms with Gasteiger partial charge in [-0.1, -0.05) is 0 Å². The fourth-order valence-corrected chi connectivity index (χ4v) is 2.27. The number of nitrogens with one attached hydrogen (secondary N) is 1. The van der Waals surface area contributed by atoms with Gasteiger partial charge >= 0.3 is 5.97 Å². The first kappa shape index (κ1) is 11.3. The highest BCUT2D eigenvalue weighted by atomic mass is 32.1. The minimum atomic E-state index is -0.370. The summed E-state index contributed by atoms with van der Waals surface area (Å²) in [6.07, 6.45) is 0.958. The lowest BCUT2D eigenvalue weighted by molar-refractivity contribution is 0.0521. The second-order valence-corrected chi connectivity index (χ2v) is 4.31. The molecule has 1 unspecified atom stereocenters. The Balaban J connectivity index is 2.03. The molecule has 1 aromatic rings. The van der Waals surface area contributed by atoms with Crippen molar-refractivity contribution in [3.63, 3.8) is 0 Å². The molecule has 1 atom stereocenters. The highest BCUT2D eigenvalue weighted by Crippen LogP contribution is 2.23. The maximum atomic E-state index is 11.6. The second-order valence-electron chi connectivity index (χ2n) is 3.46. The van der Waals surface area contributed by atoms with Gasteiger partial charge in [0.15, 0.2) is 5.69 Å². The summed E-state index contributed by atoms with van der Waals surface area (Å²) in [6, 6.07) is 0.272. The fraction of sp³-hybridized carbons (Fsp3) is 0.600. The summed E-state index contributed by atoms with van der Waals surface area (Å²) >= 11 is 1.41. The first-order chi connectivity index (χ1) is 7.81. The van der Waals surface area contributed by atoms with Gasteiger partial charge in [-0.2, -0.15) is 0 Å². The van der Waals surface area contributed by atoms with Crippen LogP contribution in [-0.4, -0.2) is 36.8 Å². The topological polar surface area (TPSA) is 60.5 Å². The van der Waals surface area contributed by atoms with Gasteiger partial charge in [0.25, 0.3) is 0 Å². The van der Waals surface area contributed by atoms with E-state index < -0.39 is 0 Å². The number of nitrogens with zero attached hydrogens (tertiary/aromatic N) is 1. The predicted octanol–water partition coefficient (Wildman–Crippen LogP) is 1.52. The molecular weight excluding hydrogens is 228 g/mol. The zero-order chi connectivity index (χ0) is 11.4. The van der Waals surface area contributed by atoms with Gasteiger partial charge in [-0.25, -0.2) is 9.78 Å². The first-order valence-corrected chi connectivity index (χ1v) is 6.14. The molecule has 0 spiro atoms. The average molecular weight is 242 g/mol. The lowest BCUT2D eigenvalue weighted by Crippen LogP contribution is -2.20. The third-order valence-electron chi connectivity index (χ3n) is 2.30. The SMILES string of the molecule is CCOC(=O)c1ncsc1NC1CCOC1. The van der Waals surface area contributed by atoms with Crippen LogP contribution in [0.4, 0.5) is 5.00 Å². The van der Waals surface area contributed by atoms with Crippen LogP contribution in [0.1, 0.15) is 23.8 Å². The first-order valence-electron chi connectivity index (χ1n) is 5.26. The summed E-state index contributed by atoms with van der Waals surface area (Å²) in [6.45, 7) is 3.59. The molecule has 0 amide bonds. The van der Waals surface area contributed by atoms with E-state index in [1.807, 2.05) is 0 Å². The highest BCUT2D eigenvalue weighted by molar-refractivity contribution is 7.14. The van der Waals surface area contributed by atoms with E-state index >= 15 is 0 Å². The van der Waals surface area contributed by atoms with E-state index in [4.69, 9.17) is 9.47 Å². The van der Waals surface area contributed by atoms with Gasteiger partial charge in [0.1, 0.15) is 5.00 Å². The Labute approximate surface area is 97.8 Å². The molecule has 1 aliphatic heterocycles. The van der Waals surface area contributed by atoms with Crippen molar-refractivity contribution < 1.29 is 14.3 Å². The van der Waals surface area contributed by atoms with Gasteiger partial charge in [-0.05, 0) is 13.3 Å². The maximum Gasteiger partial charge on any atom is 0.360 e. The van der Waals surface area contributed by atoms with E-state index in [1.165, 1.54) is 11.3 Å². The van der Waals surface area contributed by atoms with Crippen molar-refractivity contribution in [3.05, 3.63) is 11.2 Å². The number of anilines is 1. The summed E-state index contributed by atoms with van der Waals surface area (Å²) in [5.74, 6) is -0.370. The number of carbonyl (C=O) groups is 1. The zero-order valence-corrected chi connectivity index (χ0v) is 9.88. The molecule has 0 aliphatic carbocycles. The molecule has 0 aromatic carbocycles. The van der Waals surface area contributed by atoms with Crippen LogP contribution in [0, 0.1) is 0 Å². The number of esters is 1. The molecule has 2 heterocycles. The zero-order valence-electron chi connectivity index (χ0n) is 9.06. The normalized spacial score (nSPS) is 19.7. The van der Waals surface area contributed by atoms with E-state index in [-0.39, 0.29) is 12.0 Å². The summed E-state index contributed by atoms with van der Waals surface area (Å²) in [7, 11) is 0. The smallest absolute Gasteiger partial charge is 0.360 e. The van der Waals surface area contributed by atoms with Crippen molar-refractivity contribution in [1.82, 2.24) is 4.98 Å². The Hall–Kier alpha value is -1.14. The Kier molecular flexibility index (Phi) is 3.74. The molecule has 1 N–H and O–H groups in total. The predicted molar refractivity (Wildman–Crippen MR) is 60.9 cm³/mol. The number of thiazole rings is 1. The van der Waals surface area contributed by atoms with Crippen molar-refractivity contribution in [1.29, 1.82) is 0 Å². The van der Waals surface area contributed by atoms with Gasteiger partial charge in [0.05, 0.1) is 24.8 Å². The summed E-state index contributed by atoms with van der Waals surface area (Å²) in [4.78, 5) is 15.6. The van der Waals surface area contributed by atoms with E-state index in [2.05, 4.69) is 10.3 Å². The molecule has 1 saturated heterocycles. The molecule has 0 saturated carbocycles. The van der Waals surface area contributed by atoms with E-state index in [1.54, 1.807) is 12.4 Å². The molecule has 88 valence electrons. The maximum absolute atomic E-state index is 11.6. The summed E-state index contributed by atoms with van der Waals surface area (Å²) < 4.78 is 10.2. The van der Waals surface area contributed by atoms with Gasteiger partial charge in [0.2, 0.25) is 0 Å². The summed E-state index contributed by atoms with van der Waals surface area (Å²) in [5.41, 5.74) is 2.02. The molecule has 0 bridgehead atoms. The number of hydrogen-bond acceptors (Lipinski definition) is 6. The lowest BCUT2D eigenvalue weighted by Gasteiger charge is -2.10. The Morgan fingerprint density at radius 3 is 3.38 bits per heavy atom. The third-order valence-corrected chi connectivity index (χ3v) is 3.06. The molecule has 0 radical (unpaired) electrons. The number of hydrogen-bond donors (Lipinski definition) is 1. The third kappa shape index (κ3) is 2.51. The molecular formula is C10H14N2O3S. The van der Waals surface area contributed by atoms with Crippen LogP contribution >= 0.6 is 11.3 Å². The number of ether oxygens (including phenoxy) is 2. The molecule has 1 aromatic heterocycles. The van der Waals surface area contributed by atoms with Gasteiger partial charge in [0, 0.05) is 6.61 Å². The minimum Gasteiger partial charge on any atom is -0.461 e. The number of aromatic nitrogens is 1. The van der Waals surface area contributed by atoms with Gasteiger partial charge < -0.3 is 14.8 Å². The Bertz CT molecular complexity index is 361. The van der Waals surface area contributed by atoms with Crippen LogP contribution in [0.3, 0.4) is 0 Å². The molecule has 5 nitrogen and oxygen atoms in total. The average Bonchev–Trinajstić information content (AvgIpc) is 2.90. The highest BCUT2D eigenvalue weighted by Gasteiger charge is 2.21. The van der Waals surface area contributed by atoms with Crippen LogP contribution < -0.4 is 5.32 Å². The molecule has 1 fully saturated rings. The van der Waals surface area contributed by atoms with Crippen molar-refractivity contribution in [2.24, 2.45) is 0 Å². The van der Waals surface area contributed by atoms with Crippen LogP contribution in [-0.2, 0) is 9.47 Å². The number of rotatable bonds is 4. The second kappa shape index (κ2) is 5.27. The van der Waals surface area contributed by atoms with E-state index in [0.717, 1.165) is 18.0 Å². The van der Waals surface area contributed by atoms with Crippen molar-refractivity contribution in [3.8, 4) is 0 Å². The van der Waals surface area contributed by atoms with Crippen molar-refractivity contribution >= 4 is 22.3 Å². The monoisotopic (exact) mass is 242 g/mol. The van der Waals surface area contributed by atoms with Crippen LogP contribution in [0.2, 0.25) is 0 Å². The van der Waals surface area contributed by atoms with Gasteiger partial charge in [-0.15, -0.1) is 11.3 Å². The molecule has 6 heteroatoms. The van der Waals surface area contributed by atoms with E-state index in [9.17, 15) is 4.79 Å². The Morgan fingerprint density at radius 1 is 1.81 bits per heavy atom. The van der Waals surface area contributed by atoms with Crippen LogP contribution in [0.25, 0.3) is 0 Å². The van der Waals surface area contributed by atoms with E-state index in [0.29, 0.717) is 18.9 Å². The van der Waals surface area contributed by atoms with Gasteiger partial charge in [-0.3, -0.25) is 0 Å². The van der Waals surface area contributed by atoms with Crippen molar-refractivity contribution in [2.75, 3.05) is 25.1 Å². The van der Waals surface area contributed by atoms with Crippen molar-refractivity contribution in [2.45, 2.75) is 19.4 Å². The minimum absolute atomic E-state index is 0.272. The van der Waals surface area contributed by atoms with Crippen LogP contribution in [0.5, 0.6) is 0 Å². The molecule has 1 aliphatic rings. The molecule has 2 rings (SSSR count). The molecule has 16 heavy (non-hydrogen) atoms. The standard InChI is InChI=1S/C10H14N2O3S/c1-2-15-10(13)8-9(16-6-11-8)12-7-3-4-14-5-7/h6-7,12H,2-5H2,1H3. The lowest BCUT2D eigenvalue weighted by atomic mass is 10.2. The fourth-order valence-electron chi connectivity index (χ4n) is 1.53. The quantitative estimate of drug-likeness (QED) is 0.811. The Morgan fingerprint density at radius 2 is 2.69 bits per heavy atom. The summed E-state index contributed by atoms with van der Waals surface area (Å²) in [5, 5.41) is 4.03. The largest absolute Gasteiger partial charge is 0.461 e.